The number of thiol groups is 2. The van der Waals surface area contributed by atoms with Crippen LogP contribution in [0.2, 0.25) is 0 Å². The van der Waals surface area contributed by atoms with Crippen LogP contribution in [-0.4, -0.2) is 73.0 Å². The molecule has 0 aromatic carbocycles. The molecule has 0 saturated heterocycles. The van der Waals surface area contributed by atoms with E-state index < -0.39 is 0 Å². The SMILES string of the molecule is CCN(CC)CCCN(CCS)CC(=O)NCCS.[99Tc].[O-2]. The normalized spacial score (nSPS) is 10.2. The largest absolute Gasteiger partial charge is 2.00 e. The molecule has 0 aliphatic heterocycles. The van der Waals surface area contributed by atoms with Crippen molar-refractivity contribution < 1.29 is 30.4 Å². The minimum Gasteiger partial charge on any atom is -2.00 e. The van der Waals surface area contributed by atoms with Crippen LogP contribution in [0, 0.1) is 0 Å². The van der Waals surface area contributed by atoms with Crippen LogP contribution in [0.4, 0.5) is 0 Å². The molecule has 0 heterocycles. The second kappa shape index (κ2) is 18.7. The Morgan fingerprint density at radius 3 is 2.05 bits per heavy atom. The molecular formula is C13H29N3O2S2Tc-2. The van der Waals surface area contributed by atoms with E-state index in [1.54, 1.807) is 0 Å². The standard InChI is InChI=1S/C13H29N3OS2.O.Tc/c1-3-15(4-2)7-5-8-16(9-11-19)12-13(17)14-6-10-18;;/h18-19H,3-12H2,1-2H3,(H,14,17);;/q;-2;/i;;1+1. The summed E-state index contributed by atoms with van der Waals surface area (Å²) in [6.07, 6.45) is 1.09. The van der Waals surface area contributed by atoms with Gasteiger partial charge in [0.15, 0.2) is 0 Å². The summed E-state index contributed by atoms with van der Waals surface area (Å²) in [6.45, 7) is 10.5. The molecule has 0 unspecified atom stereocenters. The van der Waals surface area contributed by atoms with Crippen LogP contribution in [0.25, 0.3) is 0 Å². The average molecular weight is 422 g/mol. The number of amides is 1. The Kier molecular flexibility index (Phi) is 23.7. The number of carbonyl (C=O) groups excluding carboxylic acids is 1. The molecule has 5 nitrogen and oxygen atoms in total. The van der Waals surface area contributed by atoms with E-state index >= 15 is 0 Å². The summed E-state index contributed by atoms with van der Waals surface area (Å²) in [4.78, 5) is 16.2. The van der Waals surface area contributed by atoms with Crippen LogP contribution >= 0.6 is 25.3 Å². The van der Waals surface area contributed by atoms with Crippen molar-refractivity contribution in [2.75, 3.05) is 57.3 Å². The van der Waals surface area contributed by atoms with Crippen LogP contribution in [0.1, 0.15) is 20.3 Å². The maximum atomic E-state index is 11.7. The van der Waals surface area contributed by atoms with E-state index in [0.29, 0.717) is 18.8 Å². The van der Waals surface area contributed by atoms with Crippen molar-refractivity contribution >= 4 is 31.2 Å². The molecule has 0 aliphatic rings. The van der Waals surface area contributed by atoms with Gasteiger partial charge in [-0.2, -0.15) is 25.3 Å². The first kappa shape index (κ1) is 26.6. The zero-order valence-electron chi connectivity index (χ0n) is 13.1. The van der Waals surface area contributed by atoms with Gasteiger partial charge >= 0.3 is 0 Å². The number of rotatable bonds is 12. The van der Waals surface area contributed by atoms with E-state index in [4.69, 9.17) is 0 Å². The molecule has 1 amide bonds. The van der Waals surface area contributed by atoms with E-state index in [1.807, 2.05) is 0 Å². The Balaban J connectivity index is -0.00000162. The maximum absolute atomic E-state index is 11.7. The zero-order chi connectivity index (χ0) is 14.5. The molecule has 0 rings (SSSR count). The average Bonchev–Trinajstić information content (AvgIpc) is 2.41. The van der Waals surface area contributed by atoms with Crippen molar-refractivity contribution in [1.82, 2.24) is 15.1 Å². The van der Waals surface area contributed by atoms with E-state index in [9.17, 15) is 4.79 Å². The minimum atomic E-state index is 0. The fourth-order valence-electron chi connectivity index (χ4n) is 1.92. The van der Waals surface area contributed by atoms with Crippen LogP contribution in [0.5, 0.6) is 0 Å². The zero-order valence-corrected chi connectivity index (χ0v) is 16.7. The van der Waals surface area contributed by atoms with Gasteiger partial charge in [-0.15, -0.1) is 0 Å². The molecule has 21 heavy (non-hydrogen) atoms. The predicted octanol–water partition coefficient (Wildman–Crippen LogP) is 0.875. The van der Waals surface area contributed by atoms with Gasteiger partial charge in [-0.05, 0) is 32.6 Å². The van der Waals surface area contributed by atoms with Crippen molar-refractivity contribution in [3.05, 3.63) is 0 Å². The third-order valence-corrected chi connectivity index (χ3v) is 3.48. The summed E-state index contributed by atoms with van der Waals surface area (Å²) in [6, 6.07) is 0. The molecule has 0 saturated carbocycles. The van der Waals surface area contributed by atoms with Crippen molar-refractivity contribution in [3.63, 3.8) is 0 Å². The first-order valence-electron chi connectivity index (χ1n) is 7.11. The van der Waals surface area contributed by atoms with E-state index in [2.05, 4.69) is 54.2 Å². The number of nitrogens with one attached hydrogen (secondary N) is 1. The maximum Gasteiger partial charge on any atom is 0.234 e. The van der Waals surface area contributed by atoms with Crippen molar-refractivity contribution in [2.45, 2.75) is 20.3 Å². The molecule has 8 heteroatoms. The van der Waals surface area contributed by atoms with Crippen LogP contribution < -0.4 is 5.32 Å². The van der Waals surface area contributed by atoms with E-state index in [0.717, 1.165) is 44.9 Å². The summed E-state index contributed by atoms with van der Waals surface area (Å²) in [5.41, 5.74) is 0. The molecule has 1 radical (unpaired) electrons. The number of nitrogens with zero attached hydrogens (tertiary/aromatic N) is 2. The third kappa shape index (κ3) is 15.4. The van der Waals surface area contributed by atoms with Gasteiger partial charge in [-0.25, -0.2) is 0 Å². The van der Waals surface area contributed by atoms with E-state index in [1.165, 1.54) is 0 Å². The smallest absolute Gasteiger partial charge is 0.234 e. The number of carbonyl (C=O) groups is 1. The van der Waals surface area contributed by atoms with Crippen LogP contribution in [0.15, 0.2) is 0 Å². The monoisotopic (exact) mass is 422 g/mol. The van der Waals surface area contributed by atoms with Crippen molar-refractivity contribution in [2.24, 2.45) is 0 Å². The summed E-state index contributed by atoms with van der Waals surface area (Å²) >= 11 is 8.34. The Bertz CT molecular complexity index is 235. The molecule has 0 aromatic heterocycles. The predicted molar refractivity (Wildman–Crippen MR) is 90.2 cm³/mol. The molecule has 0 aromatic rings. The number of hydrogen-bond donors (Lipinski definition) is 3. The topological polar surface area (TPSA) is 64.1 Å². The molecular weight excluding hydrogens is 393 g/mol. The van der Waals surface area contributed by atoms with Gasteiger partial charge in [0.1, 0.15) is 0 Å². The fraction of sp³-hybridized carbons (Fsp3) is 0.923. The Morgan fingerprint density at radius 2 is 1.57 bits per heavy atom. The van der Waals surface area contributed by atoms with Gasteiger partial charge < -0.3 is 15.7 Å². The quantitative estimate of drug-likeness (QED) is 0.409. The van der Waals surface area contributed by atoms with Crippen molar-refractivity contribution in [3.8, 4) is 0 Å². The molecule has 0 aliphatic carbocycles. The third-order valence-electron chi connectivity index (χ3n) is 3.06. The first-order valence-corrected chi connectivity index (χ1v) is 8.37. The Labute approximate surface area is 154 Å². The second-order valence-corrected chi connectivity index (χ2v) is 5.35. The van der Waals surface area contributed by atoms with Crippen molar-refractivity contribution in [1.29, 1.82) is 0 Å². The summed E-state index contributed by atoms with van der Waals surface area (Å²) in [7, 11) is 0. The summed E-state index contributed by atoms with van der Waals surface area (Å²) < 4.78 is 0. The Morgan fingerprint density at radius 1 is 1.00 bits per heavy atom. The molecule has 0 fully saturated rings. The second-order valence-electron chi connectivity index (χ2n) is 4.45. The van der Waals surface area contributed by atoms with Crippen LogP contribution in [-0.2, 0) is 30.4 Å². The number of hydrogen-bond acceptors (Lipinski definition) is 5. The molecule has 1 N–H and O–H groups in total. The molecule has 0 spiro atoms. The van der Waals surface area contributed by atoms with Gasteiger partial charge in [-0.3, -0.25) is 9.69 Å². The van der Waals surface area contributed by atoms with Gasteiger partial charge in [0, 0.05) is 44.7 Å². The Hall–Kier alpha value is 0.699. The van der Waals surface area contributed by atoms with Gasteiger partial charge in [0.05, 0.1) is 6.54 Å². The summed E-state index contributed by atoms with van der Waals surface area (Å²) in [5, 5.41) is 2.85. The van der Waals surface area contributed by atoms with Crippen LogP contribution in [0.3, 0.4) is 0 Å². The molecule has 129 valence electrons. The summed E-state index contributed by atoms with van der Waals surface area (Å²) in [5.74, 6) is 1.55. The van der Waals surface area contributed by atoms with Gasteiger partial charge in [0.2, 0.25) is 5.91 Å². The first-order chi connectivity index (χ1) is 9.17. The molecule has 0 bridgehead atoms. The fourth-order valence-corrected chi connectivity index (χ4v) is 2.32. The van der Waals surface area contributed by atoms with E-state index in [-0.39, 0.29) is 31.5 Å². The molecule has 0 atom stereocenters. The van der Waals surface area contributed by atoms with Gasteiger partial charge in [-0.1, -0.05) is 13.8 Å². The van der Waals surface area contributed by atoms with Gasteiger partial charge in [0.25, 0.3) is 0 Å². The minimum absolute atomic E-state index is 0.